The normalized spacial score (nSPS) is 14.2. The van der Waals surface area contributed by atoms with Crippen LogP contribution in [0.5, 0.6) is 0 Å². The van der Waals surface area contributed by atoms with Crippen LogP contribution in [0.15, 0.2) is 42.7 Å². The highest BCUT2D eigenvalue weighted by Gasteiger charge is 2.12. The molecule has 2 aliphatic rings. The van der Waals surface area contributed by atoms with Crippen molar-refractivity contribution < 1.29 is 0 Å². The summed E-state index contributed by atoms with van der Waals surface area (Å²) in [5.41, 5.74) is 5.66. The van der Waals surface area contributed by atoms with Gasteiger partial charge in [0.15, 0.2) is 0 Å². The van der Waals surface area contributed by atoms with Gasteiger partial charge in [0, 0.05) is 51.0 Å². The zero-order valence-corrected chi connectivity index (χ0v) is 17.6. The molecule has 1 aromatic carbocycles. The van der Waals surface area contributed by atoms with Gasteiger partial charge in [-0.3, -0.25) is 4.98 Å². The van der Waals surface area contributed by atoms with Crippen molar-refractivity contribution in [3.63, 3.8) is 0 Å². The van der Waals surface area contributed by atoms with E-state index in [2.05, 4.69) is 59.2 Å². The monoisotopic (exact) mass is 355 g/mol. The largest absolute Gasteiger partial charge is 0.374 e. The molecule has 0 aliphatic carbocycles. The molecule has 3 heteroatoms. The van der Waals surface area contributed by atoms with Crippen molar-refractivity contribution in [2.24, 2.45) is 0 Å². The van der Waals surface area contributed by atoms with Crippen molar-refractivity contribution in [3.8, 4) is 0 Å². The minimum atomic E-state index is 1.18. The van der Waals surface area contributed by atoms with Gasteiger partial charge in [0.2, 0.25) is 0 Å². The number of hydrogen-bond acceptors (Lipinski definition) is 3. The van der Waals surface area contributed by atoms with Crippen LogP contribution in [0.2, 0.25) is 0 Å². The molecule has 144 valence electrons. The first-order chi connectivity index (χ1) is 12.8. The third-order valence-corrected chi connectivity index (χ3v) is 4.57. The number of para-hydroxylation sites is 1. The maximum absolute atomic E-state index is 4.11. The summed E-state index contributed by atoms with van der Waals surface area (Å²) in [6.45, 7) is 10.4. The number of aryl methyl sites for hydroxylation is 2. The molecule has 26 heavy (non-hydrogen) atoms. The number of hydrogen-bond donors (Lipinski definition) is 0. The quantitative estimate of drug-likeness (QED) is 0.614. The summed E-state index contributed by atoms with van der Waals surface area (Å²) in [6.07, 6.45) is 8.84. The Bertz CT molecular complexity index is 569. The van der Waals surface area contributed by atoms with E-state index in [4.69, 9.17) is 0 Å². The van der Waals surface area contributed by atoms with Crippen molar-refractivity contribution in [2.75, 3.05) is 37.0 Å². The van der Waals surface area contributed by atoms with Gasteiger partial charge in [0.25, 0.3) is 0 Å². The highest BCUT2D eigenvalue weighted by molar-refractivity contribution is 5.54. The van der Waals surface area contributed by atoms with E-state index in [9.17, 15) is 0 Å². The Hall–Kier alpha value is -2.03. The number of pyridine rings is 1. The molecule has 0 radical (unpaired) electrons. The Kier molecular flexibility index (Phi) is 10.5. The second-order valence-corrected chi connectivity index (χ2v) is 6.18. The molecule has 0 spiro atoms. The van der Waals surface area contributed by atoms with Gasteiger partial charge in [-0.15, -0.1) is 0 Å². The molecule has 0 amide bonds. The molecular weight excluding hydrogens is 318 g/mol. The van der Waals surface area contributed by atoms with E-state index in [1.165, 1.54) is 61.3 Å². The highest BCUT2D eigenvalue weighted by Crippen LogP contribution is 2.25. The van der Waals surface area contributed by atoms with Gasteiger partial charge in [0.1, 0.15) is 0 Å². The topological polar surface area (TPSA) is 19.4 Å². The Balaban J connectivity index is 0.000000219. The first kappa shape index (κ1) is 22.0. The van der Waals surface area contributed by atoms with Gasteiger partial charge in [-0.25, -0.2) is 0 Å². The fourth-order valence-corrected chi connectivity index (χ4v) is 3.33. The average molecular weight is 356 g/mol. The van der Waals surface area contributed by atoms with E-state index in [1.807, 2.05) is 40.1 Å². The van der Waals surface area contributed by atoms with Gasteiger partial charge in [-0.2, -0.15) is 0 Å². The summed E-state index contributed by atoms with van der Waals surface area (Å²) in [7, 11) is 4.30. The second kappa shape index (κ2) is 12.3. The summed E-state index contributed by atoms with van der Waals surface area (Å²) in [6, 6.07) is 10.8. The molecule has 1 aromatic heterocycles. The number of nitrogens with zero attached hydrogens (tertiary/aromatic N) is 3. The van der Waals surface area contributed by atoms with Gasteiger partial charge in [0.05, 0.1) is 0 Å². The first-order valence-corrected chi connectivity index (χ1v) is 10.2. The molecule has 0 bridgehead atoms. The number of rotatable bonds is 0. The van der Waals surface area contributed by atoms with Crippen LogP contribution in [0.25, 0.3) is 0 Å². The molecule has 0 unspecified atom stereocenters. The lowest BCUT2D eigenvalue weighted by Gasteiger charge is -2.26. The zero-order chi connectivity index (χ0) is 19.4. The molecular formula is C23H37N3. The van der Waals surface area contributed by atoms with Crippen LogP contribution >= 0.6 is 0 Å². The van der Waals surface area contributed by atoms with Crippen LogP contribution in [0.1, 0.15) is 51.7 Å². The van der Waals surface area contributed by atoms with Gasteiger partial charge < -0.3 is 9.80 Å². The zero-order valence-electron chi connectivity index (χ0n) is 17.6. The SMILES string of the molecule is CC.CC.CN1CCCc2ccccc21.CN1CCCc2cnccc21. The fourth-order valence-electron chi connectivity index (χ4n) is 3.33. The Labute approximate surface area is 161 Å². The van der Waals surface area contributed by atoms with E-state index in [0.717, 1.165) is 0 Å². The minimum Gasteiger partial charge on any atom is -0.374 e. The molecule has 4 rings (SSSR count). The molecule has 0 fully saturated rings. The van der Waals surface area contributed by atoms with Crippen LogP contribution in [0, 0.1) is 0 Å². The Morgan fingerprint density at radius 2 is 1.27 bits per heavy atom. The second-order valence-electron chi connectivity index (χ2n) is 6.18. The average Bonchev–Trinajstić information content (AvgIpc) is 2.72. The highest BCUT2D eigenvalue weighted by atomic mass is 15.1. The number of fused-ring (bicyclic) bond motifs is 2. The summed E-state index contributed by atoms with van der Waals surface area (Å²) in [5.74, 6) is 0. The molecule has 2 aromatic rings. The van der Waals surface area contributed by atoms with Crippen molar-refractivity contribution >= 4 is 11.4 Å². The summed E-state index contributed by atoms with van der Waals surface area (Å²) >= 11 is 0. The maximum atomic E-state index is 4.11. The standard InChI is InChI=1S/C10H13N.C9H12N2.2C2H6/c1-11-8-4-6-9-5-2-3-7-10(9)11;1-11-6-2-3-8-7-10-5-4-9(8)11;2*1-2/h2-3,5,7H,4,6,8H2,1H3;4-5,7H,2-3,6H2,1H3;2*1-2H3. The minimum absolute atomic E-state index is 1.18. The van der Waals surface area contributed by atoms with Crippen LogP contribution in [-0.4, -0.2) is 32.2 Å². The lowest BCUT2D eigenvalue weighted by atomic mass is 10.0. The third kappa shape index (κ3) is 6.05. The molecule has 0 N–H and O–H groups in total. The molecule has 2 aliphatic heterocycles. The number of anilines is 2. The fraction of sp³-hybridized carbons (Fsp3) is 0.522. The number of benzene rings is 1. The first-order valence-electron chi connectivity index (χ1n) is 10.2. The van der Waals surface area contributed by atoms with E-state index < -0.39 is 0 Å². The number of aromatic nitrogens is 1. The van der Waals surface area contributed by atoms with Crippen LogP contribution in [-0.2, 0) is 12.8 Å². The Morgan fingerprint density at radius 3 is 1.85 bits per heavy atom. The summed E-state index contributed by atoms with van der Waals surface area (Å²) < 4.78 is 0. The molecule has 0 atom stereocenters. The van der Waals surface area contributed by atoms with E-state index in [-0.39, 0.29) is 0 Å². The van der Waals surface area contributed by atoms with E-state index in [0.29, 0.717) is 0 Å². The maximum Gasteiger partial charge on any atom is 0.0427 e. The molecule has 0 saturated carbocycles. The lowest BCUT2D eigenvalue weighted by Crippen LogP contribution is -2.24. The van der Waals surface area contributed by atoms with Crippen LogP contribution < -0.4 is 9.80 Å². The molecule has 3 nitrogen and oxygen atoms in total. The predicted octanol–water partition coefficient (Wildman–Crippen LogP) is 5.59. The van der Waals surface area contributed by atoms with E-state index >= 15 is 0 Å². The van der Waals surface area contributed by atoms with Crippen molar-refractivity contribution in [1.29, 1.82) is 0 Å². The van der Waals surface area contributed by atoms with Crippen molar-refractivity contribution in [1.82, 2.24) is 4.98 Å². The van der Waals surface area contributed by atoms with Crippen molar-refractivity contribution in [3.05, 3.63) is 53.9 Å². The van der Waals surface area contributed by atoms with Gasteiger partial charge in [-0.05, 0) is 48.9 Å². The van der Waals surface area contributed by atoms with Crippen molar-refractivity contribution in [2.45, 2.75) is 53.4 Å². The smallest absolute Gasteiger partial charge is 0.0427 e. The van der Waals surface area contributed by atoms with Gasteiger partial charge >= 0.3 is 0 Å². The Morgan fingerprint density at radius 1 is 0.731 bits per heavy atom. The molecule has 0 saturated heterocycles. The third-order valence-electron chi connectivity index (χ3n) is 4.57. The summed E-state index contributed by atoms with van der Waals surface area (Å²) in [4.78, 5) is 8.73. The van der Waals surface area contributed by atoms with Gasteiger partial charge in [-0.1, -0.05) is 45.9 Å². The van der Waals surface area contributed by atoms with Crippen LogP contribution in [0.4, 0.5) is 11.4 Å². The predicted molar refractivity (Wildman–Crippen MR) is 117 cm³/mol. The lowest BCUT2D eigenvalue weighted by molar-refractivity contribution is 0.740. The van der Waals surface area contributed by atoms with Crippen LogP contribution in [0.3, 0.4) is 0 Å². The summed E-state index contributed by atoms with van der Waals surface area (Å²) in [5, 5.41) is 0. The van der Waals surface area contributed by atoms with E-state index in [1.54, 1.807) is 0 Å². The molecule has 3 heterocycles.